The van der Waals surface area contributed by atoms with E-state index in [0.717, 1.165) is 38.4 Å². The molecule has 1 aromatic rings. The molecule has 0 atom stereocenters. The van der Waals surface area contributed by atoms with Crippen LogP contribution in [0.5, 0.6) is 0 Å². The van der Waals surface area contributed by atoms with Crippen LogP contribution in [0, 0.1) is 5.92 Å². The molecule has 0 spiro atoms. The summed E-state index contributed by atoms with van der Waals surface area (Å²) in [5.74, 6) is 1.57. The predicted molar refractivity (Wildman–Crippen MR) is 64.8 cm³/mol. The van der Waals surface area contributed by atoms with Crippen molar-refractivity contribution in [2.75, 3.05) is 31.7 Å². The molecule has 1 aliphatic heterocycles. The Labute approximate surface area is 101 Å². The van der Waals surface area contributed by atoms with Gasteiger partial charge in [0.05, 0.1) is 12.3 Å². The Hall–Kier alpha value is -1.20. The lowest BCUT2D eigenvalue weighted by Gasteiger charge is -2.32. The van der Waals surface area contributed by atoms with Crippen molar-refractivity contribution in [2.45, 2.75) is 19.4 Å². The first kappa shape index (κ1) is 12.3. The number of piperidine rings is 1. The fraction of sp³-hybridized carbons (Fsp3) is 0.667. The number of anilines is 1. The fourth-order valence-electron chi connectivity index (χ4n) is 2.17. The summed E-state index contributed by atoms with van der Waals surface area (Å²) in [6, 6.07) is 3.75. The number of hydrogen-bond donors (Lipinski definition) is 1. The molecule has 17 heavy (non-hydrogen) atoms. The van der Waals surface area contributed by atoms with Crippen LogP contribution in [-0.4, -0.2) is 42.1 Å². The molecule has 0 saturated carbocycles. The van der Waals surface area contributed by atoms with Crippen molar-refractivity contribution in [3.8, 4) is 0 Å². The van der Waals surface area contributed by atoms with E-state index >= 15 is 0 Å². The van der Waals surface area contributed by atoms with Crippen molar-refractivity contribution in [3.05, 3.63) is 17.8 Å². The predicted octanol–water partition coefficient (Wildman–Crippen LogP) is 0.832. The molecule has 1 aliphatic rings. The Bertz CT molecular complexity index is 334. The second kappa shape index (κ2) is 5.93. The monoisotopic (exact) mass is 237 g/mol. The third-order valence-electron chi connectivity index (χ3n) is 3.21. The summed E-state index contributed by atoms with van der Waals surface area (Å²) in [5.41, 5.74) is 0.614. The Morgan fingerprint density at radius 1 is 1.35 bits per heavy atom. The summed E-state index contributed by atoms with van der Waals surface area (Å²) in [7, 11) is 1.76. The molecule has 94 valence electrons. The third-order valence-corrected chi connectivity index (χ3v) is 3.21. The zero-order chi connectivity index (χ0) is 12.1. The average Bonchev–Trinajstić information content (AvgIpc) is 2.40. The maximum absolute atomic E-state index is 8.90. The van der Waals surface area contributed by atoms with Gasteiger partial charge in [-0.1, -0.05) is 0 Å². The van der Waals surface area contributed by atoms with E-state index in [1.165, 1.54) is 0 Å². The van der Waals surface area contributed by atoms with E-state index in [4.69, 9.17) is 9.84 Å². The highest BCUT2D eigenvalue weighted by atomic mass is 16.5. The number of methoxy groups -OCH3 is 1. The van der Waals surface area contributed by atoms with Crippen LogP contribution in [0.2, 0.25) is 0 Å². The second-order valence-electron chi connectivity index (χ2n) is 4.43. The SMILES string of the molecule is COCC1CCN(c2ccc(CO)nn2)CC1. The van der Waals surface area contributed by atoms with Crippen LogP contribution in [0.4, 0.5) is 5.82 Å². The highest BCUT2D eigenvalue weighted by Gasteiger charge is 2.20. The van der Waals surface area contributed by atoms with Crippen molar-refractivity contribution >= 4 is 5.82 Å². The lowest BCUT2D eigenvalue weighted by Crippen LogP contribution is -2.35. The van der Waals surface area contributed by atoms with Crippen molar-refractivity contribution in [1.29, 1.82) is 0 Å². The zero-order valence-electron chi connectivity index (χ0n) is 10.2. The second-order valence-corrected chi connectivity index (χ2v) is 4.43. The van der Waals surface area contributed by atoms with E-state index in [2.05, 4.69) is 15.1 Å². The molecule has 2 rings (SSSR count). The van der Waals surface area contributed by atoms with E-state index in [0.29, 0.717) is 11.6 Å². The van der Waals surface area contributed by atoms with E-state index in [-0.39, 0.29) is 6.61 Å². The smallest absolute Gasteiger partial charge is 0.151 e. The summed E-state index contributed by atoms with van der Waals surface area (Å²) in [4.78, 5) is 2.24. The molecule has 0 amide bonds. The Balaban J connectivity index is 1.91. The normalized spacial score (nSPS) is 17.4. The van der Waals surface area contributed by atoms with Gasteiger partial charge in [0.25, 0.3) is 0 Å². The Kier molecular flexibility index (Phi) is 4.28. The largest absolute Gasteiger partial charge is 0.390 e. The van der Waals surface area contributed by atoms with Crippen LogP contribution in [0.3, 0.4) is 0 Å². The highest BCUT2D eigenvalue weighted by molar-refractivity contribution is 5.37. The van der Waals surface area contributed by atoms with Gasteiger partial charge in [0.1, 0.15) is 0 Å². The van der Waals surface area contributed by atoms with Crippen LogP contribution in [0.25, 0.3) is 0 Å². The molecule has 2 heterocycles. The van der Waals surface area contributed by atoms with Gasteiger partial charge < -0.3 is 14.7 Å². The van der Waals surface area contributed by atoms with Crippen LogP contribution in [-0.2, 0) is 11.3 Å². The van der Waals surface area contributed by atoms with Gasteiger partial charge in [-0.2, -0.15) is 5.10 Å². The minimum absolute atomic E-state index is 0.0524. The summed E-state index contributed by atoms with van der Waals surface area (Å²) >= 11 is 0. The fourth-order valence-corrected chi connectivity index (χ4v) is 2.17. The third kappa shape index (κ3) is 3.14. The van der Waals surface area contributed by atoms with E-state index in [1.807, 2.05) is 12.1 Å². The summed E-state index contributed by atoms with van der Waals surface area (Å²) < 4.78 is 5.18. The Morgan fingerprint density at radius 2 is 2.12 bits per heavy atom. The van der Waals surface area contributed by atoms with Gasteiger partial charge in [-0.15, -0.1) is 5.10 Å². The first-order valence-corrected chi connectivity index (χ1v) is 6.01. The lowest BCUT2D eigenvalue weighted by molar-refractivity contribution is 0.139. The maximum atomic E-state index is 8.90. The first-order valence-electron chi connectivity index (χ1n) is 6.01. The molecule has 5 heteroatoms. The number of nitrogens with zero attached hydrogens (tertiary/aromatic N) is 3. The number of rotatable bonds is 4. The van der Waals surface area contributed by atoms with Crippen LogP contribution < -0.4 is 4.90 Å². The van der Waals surface area contributed by atoms with E-state index < -0.39 is 0 Å². The first-order chi connectivity index (χ1) is 8.33. The molecule has 5 nitrogen and oxygen atoms in total. The summed E-state index contributed by atoms with van der Waals surface area (Å²) in [6.07, 6.45) is 2.27. The lowest BCUT2D eigenvalue weighted by atomic mass is 9.98. The standard InChI is InChI=1S/C12H19N3O2/c1-17-9-10-4-6-15(7-5-10)12-3-2-11(8-16)13-14-12/h2-3,10,16H,4-9H2,1H3. The maximum Gasteiger partial charge on any atom is 0.151 e. The van der Waals surface area contributed by atoms with Gasteiger partial charge in [-0.3, -0.25) is 0 Å². The highest BCUT2D eigenvalue weighted by Crippen LogP contribution is 2.21. The molecular weight excluding hydrogens is 218 g/mol. The molecule has 1 fully saturated rings. The minimum Gasteiger partial charge on any atom is -0.390 e. The van der Waals surface area contributed by atoms with Crippen LogP contribution in [0.1, 0.15) is 18.5 Å². The number of ether oxygens (including phenoxy) is 1. The number of aliphatic hydroxyl groups is 1. The van der Waals surface area contributed by atoms with Crippen molar-refractivity contribution in [1.82, 2.24) is 10.2 Å². The molecule has 0 aliphatic carbocycles. The van der Waals surface area contributed by atoms with Crippen molar-refractivity contribution < 1.29 is 9.84 Å². The topological polar surface area (TPSA) is 58.5 Å². The van der Waals surface area contributed by atoms with Gasteiger partial charge in [0.15, 0.2) is 5.82 Å². The Morgan fingerprint density at radius 3 is 2.65 bits per heavy atom. The molecule has 0 bridgehead atoms. The van der Waals surface area contributed by atoms with Gasteiger partial charge >= 0.3 is 0 Å². The van der Waals surface area contributed by atoms with Crippen molar-refractivity contribution in [3.63, 3.8) is 0 Å². The van der Waals surface area contributed by atoms with Gasteiger partial charge in [0, 0.05) is 26.8 Å². The molecular formula is C12H19N3O2. The number of aromatic nitrogens is 2. The van der Waals surface area contributed by atoms with Gasteiger partial charge in [0.2, 0.25) is 0 Å². The summed E-state index contributed by atoms with van der Waals surface area (Å²) in [5, 5.41) is 17.0. The number of hydrogen-bond acceptors (Lipinski definition) is 5. The molecule has 1 N–H and O–H groups in total. The van der Waals surface area contributed by atoms with Crippen molar-refractivity contribution in [2.24, 2.45) is 5.92 Å². The van der Waals surface area contributed by atoms with Gasteiger partial charge in [-0.25, -0.2) is 0 Å². The molecule has 0 radical (unpaired) electrons. The average molecular weight is 237 g/mol. The molecule has 0 aromatic carbocycles. The molecule has 0 unspecified atom stereocenters. The van der Waals surface area contributed by atoms with Gasteiger partial charge in [-0.05, 0) is 30.9 Å². The minimum atomic E-state index is -0.0524. The number of aliphatic hydroxyl groups excluding tert-OH is 1. The van der Waals surface area contributed by atoms with E-state index in [9.17, 15) is 0 Å². The quantitative estimate of drug-likeness (QED) is 0.840. The van der Waals surface area contributed by atoms with Crippen LogP contribution >= 0.6 is 0 Å². The van der Waals surface area contributed by atoms with E-state index in [1.54, 1.807) is 7.11 Å². The molecule has 1 aromatic heterocycles. The zero-order valence-corrected chi connectivity index (χ0v) is 10.2. The van der Waals surface area contributed by atoms with Crippen LogP contribution in [0.15, 0.2) is 12.1 Å². The molecule has 1 saturated heterocycles. The summed E-state index contributed by atoms with van der Waals surface area (Å²) in [6.45, 7) is 2.80.